The fraction of sp³-hybridized carbons (Fsp3) is 0.125. The van der Waals surface area contributed by atoms with Gasteiger partial charge in [-0.3, -0.25) is 0 Å². The summed E-state index contributed by atoms with van der Waals surface area (Å²) in [6.45, 7) is 2.02. The van der Waals surface area contributed by atoms with Crippen LogP contribution in [0.3, 0.4) is 0 Å². The lowest BCUT2D eigenvalue weighted by Gasteiger charge is -2.06. The smallest absolute Gasteiger partial charge is 0.246 e. The van der Waals surface area contributed by atoms with Gasteiger partial charge in [0.25, 0.3) is 0 Å². The predicted octanol–water partition coefficient (Wildman–Crippen LogP) is 2.55. The van der Waals surface area contributed by atoms with Crippen LogP contribution in [0, 0.1) is 6.92 Å². The van der Waals surface area contributed by atoms with E-state index in [0.717, 1.165) is 16.8 Å². The first-order chi connectivity index (χ1) is 9.66. The Bertz CT molecular complexity index is 783. The molecular formula is C16H15N3O. The van der Waals surface area contributed by atoms with Gasteiger partial charge in [-0.05, 0) is 19.1 Å². The van der Waals surface area contributed by atoms with Crippen LogP contribution in [0.5, 0.6) is 0 Å². The second kappa shape index (κ2) is 4.81. The van der Waals surface area contributed by atoms with Gasteiger partial charge in [0.1, 0.15) is 0 Å². The Morgan fingerprint density at radius 1 is 0.950 bits per heavy atom. The molecule has 0 bridgehead atoms. The molecule has 0 atom stereocenters. The first-order valence-corrected chi connectivity index (χ1v) is 6.45. The zero-order valence-electron chi connectivity index (χ0n) is 11.4. The van der Waals surface area contributed by atoms with Crippen LogP contribution in [0.15, 0.2) is 59.4 Å². The number of benzene rings is 2. The molecule has 20 heavy (non-hydrogen) atoms. The Kier molecular flexibility index (Phi) is 2.99. The Morgan fingerprint density at radius 3 is 2.25 bits per heavy atom. The van der Waals surface area contributed by atoms with Crippen molar-refractivity contribution in [3.8, 4) is 17.1 Å². The van der Waals surface area contributed by atoms with Gasteiger partial charge in [0, 0.05) is 12.6 Å². The van der Waals surface area contributed by atoms with Crippen LogP contribution >= 0.6 is 0 Å². The molecule has 0 aliphatic heterocycles. The minimum absolute atomic E-state index is 0.146. The Balaban J connectivity index is 2.25. The van der Waals surface area contributed by atoms with E-state index in [1.165, 1.54) is 4.68 Å². The summed E-state index contributed by atoms with van der Waals surface area (Å²) in [6.07, 6.45) is 0. The van der Waals surface area contributed by atoms with Gasteiger partial charge in [-0.15, -0.1) is 5.10 Å². The summed E-state index contributed by atoms with van der Waals surface area (Å²) in [5.74, 6) is 0.655. The molecule has 0 aliphatic rings. The number of rotatable bonds is 2. The topological polar surface area (TPSA) is 39.8 Å². The van der Waals surface area contributed by atoms with Crippen LogP contribution < -0.4 is 5.69 Å². The summed E-state index contributed by atoms with van der Waals surface area (Å²) in [4.78, 5) is 12.3. The van der Waals surface area contributed by atoms with Gasteiger partial charge < -0.3 is 0 Å². The van der Waals surface area contributed by atoms with Crippen LogP contribution in [-0.4, -0.2) is 14.3 Å². The zero-order chi connectivity index (χ0) is 14.1. The molecule has 0 unspecified atom stereocenters. The normalized spacial score (nSPS) is 10.7. The summed E-state index contributed by atoms with van der Waals surface area (Å²) in [6, 6.07) is 17.6. The Morgan fingerprint density at radius 2 is 1.60 bits per heavy atom. The highest BCUT2D eigenvalue weighted by Crippen LogP contribution is 2.19. The third-order valence-corrected chi connectivity index (χ3v) is 3.25. The summed E-state index contributed by atoms with van der Waals surface area (Å²) in [7, 11) is 1.67. The summed E-state index contributed by atoms with van der Waals surface area (Å²) in [5.41, 5.74) is 2.76. The molecule has 3 aromatic rings. The van der Waals surface area contributed by atoms with E-state index in [-0.39, 0.29) is 5.69 Å². The standard InChI is InChI=1S/C16H15N3O/c1-12-8-10-14(11-9-12)19-15(17-18(2)16(19)20)13-6-4-3-5-7-13/h3-11H,1-2H3. The predicted molar refractivity (Wildman–Crippen MR) is 79.0 cm³/mol. The molecule has 0 saturated heterocycles. The third kappa shape index (κ3) is 2.05. The van der Waals surface area contributed by atoms with E-state index in [0.29, 0.717) is 5.82 Å². The quantitative estimate of drug-likeness (QED) is 0.714. The highest BCUT2D eigenvalue weighted by Gasteiger charge is 2.14. The van der Waals surface area contributed by atoms with Crippen molar-refractivity contribution in [2.24, 2.45) is 7.05 Å². The van der Waals surface area contributed by atoms with E-state index in [4.69, 9.17) is 0 Å². The monoisotopic (exact) mass is 265 g/mol. The molecule has 0 spiro atoms. The van der Waals surface area contributed by atoms with E-state index in [1.807, 2.05) is 61.5 Å². The molecule has 1 aromatic heterocycles. The third-order valence-electron chi connectivity index (χ3n) is 3.25. The largest absolute Gasteiger partial charge is 0.350 e. The second-order valence-electron chi connectivity index (χ2n) is 4.77. The molecule has 0 saturated carbocycles. The van der Waals surface area contributed by atoms with Gasteiger partial charge in [0.15, 0.2) is 5.82 Å². The second-order valence-corrected chi connectivity index (χ2v) is 4.77. The van der Waals surface area contributed by atoms with E-state index >= 15 is 0 Å². The Hall–Kier alpha value is -2.62. The molecule has 0 aliphatic carbocycles. The van der Waals surface area contributed by atoms with Crippen LogP contribution in [0.2, 0.25) is 0 Å². The van der Waals surface area contributed by atoms with Crippen molar-refractivity contribution < 1.29 is 0 Å². The SMILES string of the molecule is Cc1ccc(-n2c(-c3ccccc3)nn(C)c2=O)cc1. The maximum absolute atomic E-state index is 12.3. The molecule has 4 nitrogen and oxygen atoms in total. The van der Waals surface area contributed by atoms with Gasteiger partial charge in [0.05, 0.1) is 5.69 Å². The van der Waals surface area contributed by atoms with Gasteiger partial charge in [0.2, 0.25) is 0 Å². The average Bonchev–Trinajstić information content (AvgIpc) is 2.77. The van der Waals surface area contributed by atoms with Crippen molar-refractivity contribution in [3.05, 3.63) is 70.6 Å². The summed E-state index contributed by atoms with van der Waals surface area (Å²) < 4.78 is 3.00. The first kappa shape index (κ1) is 12.4. The van der Waals surface area contributed by atoms with Gasteiger partial charge in [-0.1, -0.05) is 48.0 Å². The fourth-order valence-electron chi connectivity index (χ4n) is 2.17. The number of hydrogen-bond donors (Lipinski definition) is 0. The van der Waals surface area contributed by atoms with Gasteiger partial charge >= 0.3 is 5.69 Å². The first-order valence-electron chi connectivity index (χ1n) is 6.45. The molecular weight excluding hydrogens is 250 g/mol. The molecule has 0 radical (unpaired) electrons. The molecule has 4 heteroatoms. The van der Waals surface area contributed by atoms with Crippen molar-refractivity contribution in [1.82, 2.24) is 14.3 Å². The molecule has 0 fully saturated rings. The maximum atomic E-state index is 12.3. The molecule has 0 N–H and O–H groups in total. The van der Waals surface area contributed by atoms with E-state index < -0.39 is 0 Å². The molecule has 2 aromatic carbocycles. The van der Waals surface area contributed by atoms with E-state index in [2.05, 4.69) is 5.10 Å². The Labute approximate surface area is 116 Å². The minimum Gasteiger partial charge on any atom is -0.246 e. The maximum Gasteiger partial charge on any atom is 0.350 e. The lowest BCUT2D eigenvalue weighted by atomic mass is 10.2. The highest BCUT2D eigenvalue weighted by molar-refractivity contribution is 5.57. The van der Waals surface area contributed by atoms with Crippen LogP contribution in [0.1, 0.15) is 5.56 Å². The van der Waals surface area contributed by atoms with Crippen molar-refractivity contribution in [2.75, 3.05) is 0 Å². The van der Waals surface area contributed by atoms with Crippen LogP contribution in [0.25, 0.3) is 17.1 Å². The van der Waals surface area contributed by atoms with Crippen LogP contribution in [0.4, 0.5) is 0 Å². The minimum atomic E-state index is -0.146. The van der Waals surface area contributed by atoms with Crippen molar-refractivity contribution in [3.63, 3.8) is 0 Å². The highest BCUT2D eigenvalue weighted by atomic mass is 16.2. The molecule has 0 amide bonds. The van der Waals surface area contributed by atoms with Gasteiger partial charge in [-0.2, -0.15) is 0 Å². The zero-order valence-corrected chi connectivity index (χ0v) is 11.4. The molecule has 3 rings (SSSR count). The van der Waals surface area contributed by atoms with E-state index in [9.17, 15) is 4.79 Å². The summed E-state index contributed by atoms with van der Waals surface area (Å²) >= 11 is 0. The molecule has 100 valence electrons. The lowest BCUT2D eigenvalue weighted by molar-refractivity contribution is 0.727. The fourth-order valence-corrected chi connectivity index (χ4v) is 2.17. The lowest BCUT2D eigenvalue weighted by Crippen LogP contribution is -2.21. The average molecular weight is 265 g/mol. The van der Waals surface area contributed by atoms with Crippen molar-refractivity contribution in [1.29, 1.82) is 0 Å². The number of nitrogens with zero attached hydrogens (tertiary/aromatic N) is 3. The van der Waals surface area contributed by atoms with E-state index in [1.54, 1.807) is 11.6 Å². The molecule has 1 heterocycles. The summed E-state index contributed by atoms with van der Waals surface area (Å²) in [5, 5.41) is 4.35. The van der Waals surface area contributed by atoms with Gasteiger partial charge in [-0.25, -0.2) is 14.0 Å². The number of aryl methyl sites for hydroxylation is 2. The number of hydrogen-bond acceptors (Lipinski definition) is 2. The van der Waals surface area contributed by atoms with Crippen molar-refractivity contribution >= 4 is 0 Å². The van der Waals surface area contributed by atoms with Crippen molar-refractivity contribution in [2.45, 2.75) is 6.92 Å². The van der Waals surface area contributed by atoms with Crippen LogP contribution in [-0.2, 0) is 7.05 Å². The number of aromatic nitrogens is 3.